The van der Waals surface area contributed by atoms with Crippen molar-refractivity contribution in [3.63, 3.8) is 0 Å². The van der Waals surface area contributed by atoms with Crippen LogP contribution in [0.1, 0.15) is 0 Å². The minimum Gasteiger partial charge on any atom is -0.508 e. The van der Waals surface area contributed by atoms with Crippen molar-refractivity contribution in [2.75, 3.05) is 0 Å². The number of halogens is 2. The minimum atomic E-state index is -0.676. The molecule has 0 atom stereocenters. The zero-order valence-electron chi connectivity index (χ0n) is 10.1. The summed E-state index contributed by atoms with van der Waals surface area (Å²) in [5.74, 6) is -0.875. The van der Waals surface area contributed by atoms with Gasteiger partial charge in [-0.1, -0.05) is 0 Å². The van der Waals surface area contributed by atoms with Crippen molar-refractivity contribution in [2.24, 2.45) is 0 Å². The molecule has 0 radical (unpaired) electrons. The smallest absolute Gasteiger partial charge is 0.165 e. The summed E-state index contributed by atoms with van der Waals surface area (Å²) in [6, 6.07) is 10.9. The maximum Gasteiger partial charge on any atom is 0.165 e. The average molecular weight is 381 g/mol. The van der Waals surface area contributed by atoms with E-state index in [1.54, 1.807) is 24.3 Å². The first-order valence-electron chi connectivity index (χ1n) is 5.83. The average Bonchev–Trinajstić information content (AvgIpc) is 2.42. The van der Waals surface area contributed by atoms with Crippen LogP contribution in [0, 0.1) is 9.39 Å². The molecule has 0 bridgehead atoms. The molecule has 0 aliphatic rings. The van der Waals surface area contributed by atoms with Crippen molar-refractivity contribution in [1.29, 1.82) is 0 Å². The summed E-state index contributed by atoms with van der Waals surface area (Å²) in [4.78, 5) is 4.45. The third kappa shape index (κ3) is 2.29. The van der Waals surface area contributed by atoms with E-state index in [2.05, 4.69) is 27.6 Å². The summed E-state index contributed by atoms with van der Waals surface area (Å²) in [6.07, 6.45) is 0. The van der Waals surface area contributed by atoms with Crippen LogP contribution in [-0.2, 0) is 0 Å². The second-order valence-corrected chi connectivity index (χ2v) is 5.52. The molecule has 20 heavy (non-hydrogen) atoms. The fourth-order valence-electron chi connectivity index (χ4n) is 1.99. The van der Waals surface area contributed by atoms with Crippen molar-refractivity contribution >= 4 is 33.5 Å². The number of fused-ring (bicyclic) bond motifs is 1. The van der Waals surface area contributed by atoms with Crippen LogP contribution in [0.3, 0.4) is 0 Å². The lowest BCUT2D eigenvalue weighted by molar-refractivity contribution is 0.432. The Bertz CT molecular complexity index is 820. The number of pyridine rings is 1. The number of rotatable bonds is 1. The SMILES string of the molecule is Oc1ccc2nc(-c3ccc(O)c(F)c3)cc(I)c2c1. The first kappa shape index (κ1) is 13.1. The molecule has 5 heteroatoms. The van der Waals surface area contributed by atoms with Crippen molar-refractivity contribution in [3.05, 3.63) is 51.9 Å². The highest BCUT2D eigenvalue weighted by molar-refractivity contribution is 14.1. The van der Waals surface area contributed by atoms with Gasteiger partial charge in [-0.15, -0.1) is 0 Å². The lowest BCUT2D eigenvalue weighted by Gasteiger charge is -2.07. The maximum absolute atomic E-state index is 13.4. The van der Waals surface area contributed by atoms with E-state index in [9.17, 15) is 14.6 Å². The Morgan fingerprint density at radius 1 is 1.00 bits per heavy atom. The predicted molar refractivity (Wildman–Crippen MR) is 83.2 cm³/mol. The molecule has 0 amide bonds. The Morgan fingerprint density at radius 3 is 2.55 bits per heavy atom. The van der Waals surface area contributed by atoms with E-state index in [1.807, 2.05) is 6.07 Å². The number of hydrogen-bond acceptors (Lipinski definition) is 3. The lowest BCUT2D eigenvalue weighted by Crippen LogP contribution is -1.89. The highest BCUT2D eigenvalue weighted by Crippen LogP contribution is 2.29. The maximum atomic E-state index is 13.4. The Kier molecular flexibility index (Phi) is 3.21. The van der Waals surface area contributed by atoms with Gasteiger partial charge in [0, 0.05) is 14.5 Å². The number of nitrogens with zero attached hydrogens (tertiary/aromatic N) is 1. The van der Waals surface area contributed by atoms with Crippen molar-refractivity contribution in [3.8, 4) is 22.8 Å². The van der Waals surface area contributed by atoms with Crippen LogP contribution < -0.4 is 0 Å². The molecule has 2 aromatic carbocycles. The fourth-order valence-corrected chi connectivity index (χ4v) is 2.71. The third-order valence-electron chi connectivity index (χ3n) is 2.99. The molecule has 100 valence electrons. The number of phenols is 2. The first-order chi connectivity index (χ1) is 9.54. The highest BCUT2D eigenvalue weighted by Gasteiger charge is 2.09. The summed E-state index contributed by atoms with van der Waals surface area (Å²) in [6.45, 7) is 0. The van der Waals surface area contributed by atoms with E-state index >= 15 is 0 Å². The molecule has 0 aliphatic heterocycles. The molecule has 1 heterocycles. The molecule has 0 saturated carbocycles. The standard InChI is InChI=1S/C15H9FINO2/c16-11-5-8(1-4-15(11)20)14-7-12(17)10-6-9(19)2-3-13(10)18-14/h1-7,19-20H. The van der Waals surface area contributed by atoms with Crippen LogP contribution in [0.15, 0.2) is 42.5 Å². The van der Waals surface area contributed by atoms with Gasteiger partial charge in [0.05, 0.1) is 11.2 Å². The monoisotopic (exact) mass is 381 g/mol. The van der Waals surface area contributed by atoms with Crippen molar-refractivity contribution in [2.45, 2.75) is 0 Å². The van der Waals surface area contributed by atoms with Gasteiger partial charge in [0.1, 0.15) is 5.75 Å². The number of benzene rings is 2. The normalized spacial score (nSPS) is 10.9. The summed E-state index contributed by atoms with van der Waals surface area (Å²) in [5.41, 5.74) is 1.93. The van der Waals surface area contributed by atoms with Gasteiger partial charge in [0.15, 0.2) is 11.6 Å². The van der Waals surface area contributed by atoms with Crippen LogP contribution in [0.4, 0.5) is 4.39 Å². The van der Waals surface area contributed by atoms with E-state index in [1.165, 1.54) is 12.1 Å². The summed E-state index contributed by atoms with van der Waals surface area (Å²) in [7, 11) is 0. The second kappa shape index (κ2) is 4.90. The van der Waals surface area contributed by atoms with Gasteiger partial charge < -0.3 is 10.2 Å². The van der Waals surface area contributed by atoms with Gasteiger partial charge in [0.2, 0.25) is 0 Å². The Morgan fingerprint density at radius 2 is 1.80 bits per heavy atom. The molecule has 3 nitrogen and oxygen atoms in total. The molecular weight excluding hydrogens is 372 g/mol. The third-order valence-corrected chi connectivity index (χ3v) is 3.88. The van der Waals surface area contributed by atoms with Gasteiger partial charge in [-0.25, -0.2) is 9.37 Å². The largest absolute Gasteiger partial charge is 0.508 e. The van der Waals surface area contributed by atoms with Gasteiger partial charge in [-0.3, -0.25) is 0 Å². The predicted octanol–water partition coefficient (Wildman–Crippen LogP) is 4.06. The minimum absolute atomic E-state index is 0.181. The first-order valence-corrected chi connectivity index (χ1v) is 6.90. The molecule has 0 fully saturated rings. The molecule has 3 rings (SSSR count). The highest BCUT2D eigenvalue weighted by atomic mass is 127. The van der Waals surface area contributed by atoms with Crippen LogP contribution in [0.5, 0.6) is 11.5 Å². The number of aromatic hydroxyl groups is 2. The molecule has 3 aromatic rings. The molecule has 2 N–H and O–H groups in total. The summed E-state index contributed by atoms with van der Waals surface area (Å²) in [5, 5.41) is 19.6. The van der Waals surface area contributed by atoms with Crippen molar-refractivity contribution < 1.29 is 14.6 Å². The van der Waals surface area contributed by atoms with Crippen molar-refractivity contribution in [1.82, 2.24) is 4.98 Å². The molecule has 0 saturated heterocycles. The van der Waals surface area contributed by atoms with Crippen LogP contribution in [-0.4, -0.2) is 15.2 Å². The Labute approximate surface area is 127 Å². The topological polar surface area (TPSA) is 53.4 Å². The molecular formula is C15H9FINO2. The second-order valence-electron chi connectivity index (χ2n) is 4.36. The molecule has 0 aliphatic carbocycles. The van der Waals surface area contributed by atoms with E-state index in [-0.39, 0.29) is 11.5 Å². The molecule has 0 unspecified atom stereocenters. The van der Waals surface area contributed by atoms with Crippen LogP contribution in [0.2, 0.25) is 0 Å². The van der Waals surface area contributed by atoms with E-state index in [0.717, 1.165) is 14.5 Å². The number of aromatic nitrogens is 1. The lowest BCUT2D eigenvalue weighted by atomic mass is 10.1. The zero-order chi connectivity index (χ0) is 14.3. The van der Waals surface area contributed by atoms with Gasteiger partial charge in [-0.2, -0.15) is 0 Å². The number of phenolic OH excluding ortho intramolecular Hbond substituents is 2. The molecule has 1 aromatic heterocycles. The molecule has 0 spiro atoms. The number of hydrogen-bond donors (Lipinski definition) is 2. The zero-order valence-corrected chi connectivity index (χ0v) is 12.3. The van der Waals surface area contributed by atoms with Crippen LogP contribution >= 0.6 is 22.6 Å². The van der Waals surface area contributed by atoms with E-state index in [4.69, 9.17) is 0 Å². The van der Waals surface area contributed by atoms with Gasteiger partial charge in [-0.05, 0) is 65.1 Å². The fraction of sp³-hybridized carbons (Fsp3) is 0. The Balaban J connectivity index is 2.21. The Hall–Kier alpha value is -1.89. The van der Waals surface area contributed by atoms with Crippen LogP contribution in [0.25, 0.3) is 22.2 Å². The summed E-state index contributed by atoms with van der Waals surface area (Å²) >= 11 is 2.15. The van der Waals surface area contributed by atoms with E-state index < -0.39 is 5.82 Å². The van der Waals surface area contributed by atoms with Gasteiger partial charge >= 0.3 is 0 Å². The quantitative estimate of drug-likeness (QED) is 0.626. The van der Waals surface area contributed by atoms with E-state index in [0.29, 0.717) is 11.3 Å². The van der Waals surface area contributed by atoms with Gasteiger partial charge in [0.25, 0.3) is 0 Å². The summed E-state index contributed by atoms with van der Waals surface area (Å²) < 4.78 is 14.3.